The van der Waals surface area contributed by atoms with Crippen molar-refractivity contribution in [3.8, 4) is 6.07 Å². The maximum absolute atomic E-state index is 8.83. The van der Waals surface area contributed by atoms with Gasteiger partial charge >= 0.3 is 0 Å². The zero-order valence-electron chi connectivity index (χ0n) is 6.79. The summed E-state index contributed by atoms with van der Waals surface area (Å²) in [5, 5.41) is 8.83. The molecule has 1 saturated carbocycles. The minimum absolute atomic E-state index is 0.343. The monoisotopic (exact) mass is 150 g/mol. The van der Waals surface area contributed by atoms with Crippen LogP contribution in [0.1, 0.15) is 19.3 Å². The Morgan fingerprint density at radius 2 is 2.18 bits per heavy atom. The van der Waals surface area contributed by atoms with Crippen molar-refractivity contribution < 1.29 is 0 Å². The van der Waals surface area contributed by atoms with Crippen LogP contribution in [0.5, 0.6) is 0 Å². The average molecular weight is 150 g/mol. The van der Waals surface area contributed by atoms with Gasteiger partial charge in [0.05, 0.1) is 12.0 Å². The largest absolute Gasteiger partial charge is 0.302 e. The average Bonchev–Trinajstić information content (AvgIpc) is 2.68. The van der Waals surface area contributed by atoms with Gasteiger partial charge in [0.25, 0.3) is 0 Å². The lowest BCUT2D eigenvalue weighted by Crippen LogP contribution is -2.40. The van der Waals surface area contributed by atoms with Crippen LogP contribution in [-0.4, -0.2) is 24.5 Å². The molecule has 1 atom stereocenters. The van der Waals surface area contributed by atoms with Crippen molar-refractivity contribution in [3.63, 3.8) is 0 Å². The van der Waals surface area contributed by atoms with Crippen molar-refractivity contribution >= 4 is 0 Å². The van der Waals surface area contributed by atoms with Gasteiger partial charge in [0.15, 0.2) is 0 Å². The van der Waals surface area contributed by atoms with Gasteiger partial charge in [-0.15, -0.1) is 0 Å². The highest BCUT2D eigenvalue weighted by Crippen LogP contribution is 2.37. The third-order valence-electron chi connectivity index (χ3n) is 2.76. The normalized spacial score (nSPS) is 27.2. The van der Waals surface area contributed by atoms with E-state index in [-0.39, 0.29) is 0 Å². The fraction of sp³-hybridized carbons (Fsp3) is 0.889. The maximum atomic E-state index is 8.83. The summed E-state index contributed by atoms with van der Waals surface area (Å²) < 4.78 is 0. The highest BCUT2D eigenvalue weighted by atomic mass is 15.2. The van der Waals surface area contributed by atoms with Crippen LogP contribution in [-0.2, 0) is 0 Å². The Bertz CT molecular complexity index is 174. The van der Waals surface area contributed by atoms with Crippen LogP contribution in [0.25, 0.3) is 0 Å². The molecule has 1 heterocycles. The molecule has 0 aromatic rings. The third kappa shape index (κ3) is 1.54. The molecule has 2 aliphatic rings. The lowest BCUT2D eigenvalue weighted by molar-refractivity contribution is 0.159. The van der Waals surface area contributed by atoms with Crippen molar-refractivity contribution in [1.82, 2.24) is 4.90 Å². The molecule has 1 aliphatic heterocycles. The number of hydrogen-bond acceptors (Lipinski definition) is 2. The van der Waals surface area contributed by atoms with Gasteiger partial charge in [0.1, 0.15) is 0 Å². The zero-order chi connectivity index (χ0) is 7.68. The molecule has 2 rings (SSSR count). The van der Waals surface area contributed by atoms with Crippen LogP contribution in [0.2, 0.25) is 0 Å². The van der Waals surface area contributed by atoms with Crippen molar-refractivity contribution in [1.29, 1.82) is 5.26 Å². The van der Waals surface area contributed by atoms with Gasteiger partial charge in [-0.05, 0) is 38.3 Å². The number of nitriles is 1. The van der Waals surface area contributed by atoms with E-state index >= 15 is 0 Å². The first-order valence-corrected chi connectivity index (χ1v) is 4.52. The van der Waals surface area contributed by atoms with Gasteiger partial charge in [0.2, 0.25) is 0 Å². The molecule has 0 aromatic carbocycles. The molecule has 1 unspecified atom stereocenters. The first-order valence-electron chi connectivity index (χ1n) is 4.52. The molecule has 0 aromatic heterocycles. The SMILES string of the molecule is N#CC(CN1CCC1)C1CC1. The predicted molar refractivity (Wildman–Crippen MR) is 42.9 cm³/mol. The van der Waals surface area contributed by atoms with E-state index in [4.69, 9.17) is 5.26 Å². The summed E-state index contributed by atoms with van der Waals surface area (Å²) in [5.41, 5.74) is 0. The van der Waals surface area contributed by atoms with Gasteiger partial charge in [-0.1, -0.05) is 0 Å². The summed E-state index contributed by atoms with van der Waals surface area (Å²) in [6.07, 6.45) is 3.93. The molecule has 2 nitrogen and oxygen atoms in total. The van der Waals surface area contributed by atoms with E-state index in [0.717, 1.165) is 12.5 Å². The van der Waals surface area contributed by atoms with Crippen molar-refractivity contribution in [3.05, 3.63) is 0 Å². The Morgan fingerprint density at radius 3 is 2.55 bits per heavy atom. The second-order valence-electron chi connectivity index (χ2n) is 3.73. The van der Waals surface area contributed by atoms with E-state index in [2.05, 4.69) is 11.0 Å². The molecule has 1 aliphatic carbocycles. The molecule has 0 bridgehead atoms. The number of nitrogens with zero attached hydrogens (tertiary/aromatic N) is 2. The smallest absolute Gasteiger partial charge is 0.0672 e. The summed E-state index contributed by atoms with van der Waals surface area (Å²) in [6, 6.07) is 2.42. The summed E-state index contributed by atoms with van der Waals surface area (Å²) >= 11 is 0. The standard InChI is InChI=1S/C9H14N2/c10-6-9(8-2-3-8)7-11-4-1-5-11/h8-9H,1-5,7H2. The lowest BCUT2D eigenvalue weighted by Gasteiger charge is -2.32. The van der Waals surface area contributed by atoms with E-state index in [9.17, 15) is 0 Å². The van der Waals surface area contributed by atoms with E-state index in [1.165, 1.54) is 32.4 Å². The van der Waals surface area contributed by atoms with Crippen LogP contribution in [0.3, 0.4) is 0 Å². The molecular formula is C9H14N2. The van der Waals surface area contributed by atoms with Crippen LogP contribution in [0.15, 0.2) is 0 Å². The Hall–Kier alpha value is -0.550. The maximum Gasteiger partial charge on any atom is 0.0672 e. The Balaban J connectivity index is 1.77. The van der Waals surface area contributed by atoms with Crippen LogP contribution in [0, 0.1) is 23.2 Å². The van der Waals surface area contributed by atoms with E-state index in [1.807, 2.05) is 0 Å². The number of likely N-dealkylation sites (tertiary alicyclic amines) is 1. The first-order chi connectivity index (χ1) is 5.40. The fourth-order valence-electron chi connectivity index (χ4n) is 1.64. The van der Waals surface area contributed by atoms with Crippen LogP contribution in [0.4, 0.5) is 0 Å². The second kappa shape index (κ2) is 2.83. The van der Waals surface area contributed by atoms with E-state index in [1.54, 1.807) is 0 Å². The molecule has 2 fully saturated rings. The van der Waals surface area contributed by atoms with Crippen LogP contribution >= 0.6 is 0 Å². The first kappa shape index (κ1) is 7.12. The van der Waals surface area contributed by atoms with Gasteiger partial charge < -0.3 is 4.90 Å². The molecule has 2 heteroatoms. The Labute approximate surface area is 67.8 Å². The summed E-state index contributed by atoms with van der Waals surface area (Å²) in [7, 11) is 0. The minimum Gasteiger partial charge on any atom is -0.302 e. The topological polar surface area (TPSA) is 27.0 Å². The second-order valence-corrected chi connectivity index (χ2v) is 3.73. The molecule has 60 valence electrons. The predicted octanol–water partition coefficient (Wildman–Crippen LogP) is 1.24. The summed E-state index contributed by atoms with van der Waals surface area (Å²) in [4.78, 5) is 2.40. The highest BCUT2D eigenvalue weighted by molar-refractivity contribution is 4.96. The van der Waals surface area contributed by atoms with Crippen molar-refractivity contribution in [2.45, 2.75) is 19.3 Å². The Kier molecular flexibility index (Phi) is 1.83. The number of rotatable bonds is 3. The van der Waals surface area contributed by atoms with E-state index < -0.39 is 0 Å². The summed E-state index contributed by atoms with van der Waals surface area (Å²) in [6.45, 7) is 3.50. The lowest BCUT2D eigenvalue weighted by atomic mass is 10.0. The van der Waals surface area contributed by atoms with Gasteiger partial charge in [-0.2, -0.15) is 5.26 Å². The van der Waals surface area contributed by atoms with Gasteiger partial charge in [0, 0.05) is 6.54 Å². The molecular weight excluding hydrogens is 136 g/mol. The van der Waals surface area contributed by atoms with Gasteiger partial charge in [-0.25, -0.2) is 0 Å². The third-order valence-corrected chi connectivity index (χ3v) is 2.76. The van der Waals surface area contributed by atoms with Crippen molar-refractivity contribution in [2.24, 2.45) is 11.8 Å². The molecule has 1 saturated heterocycles. The number of hydrogen-bond donors (Lipinski definition) is 0. The fourth-order valence-corrected chi connectivity index (χ4v) is 1.64. The molecule has 0 spiro atoms. The van der Waals surface area contributed by atoms with E-state index in [0.29, 0.717) is 5.92 Å². The molecule has 0 amide bonds. The van der Waals surface area contributed by atoms with Crippen molar-refractivity contribution in [2.75, 3.05) is 19.6 Å². The molecule has 0 N–H and O–H groups in total. The minimum atomic E-state index is 0.343. The summed E-state index contributed by atoms with van der Waals surface area (Å²) in [5.74, 6) is 1.09. The Morgan fingerprint density at radius 1 is 1.45 bits per heavy atom. The highest BCUT2D eigenvalue weighted by Gasteiger charge is 2.33. The molecule has 11 heavy (non-hydrogen) atoms. The quantitative estimate of drug-likeness (QED) is 0.605. The molecule has 0 radical (unpaired) electrons. The van der Waals surface area contributed by atoms with Gasteiger partial charge in [-0.3, -0.25) is 0 Å². The van der Waals surface area contributed by atoms with Crippen LogP contribution < -0.4 is 0 Å². The zero-order valence-corrected chi connectivity index (χ0v) is 6.79.